The van der Waals surface area contributed by atoms with Gasteiger partial charge in [0.2, 0.25) is 0 Å². The highest BCUT2D eigenvalue weighted by Crippen LogP contribution is 2.19. The third kappa shape index (κ3) is 3.16. The lowest BCUT2D eigenvalue weighted by Gasteiger charge is -2.11. The number of nitrogens with zero attached hydrogens (tertiary/aromatic N) is 1. The minimum absolute atomic E-state index is 0.573. The van der Waals surface area contributed by atoms with Crippen LogP contribution in [0.3, 0.4) is 0 Å². The summed E-state index contributed by atoms with van der Waals surface area (Å²) in [6, 6.07) is 12.8. The molecule has 1 heterocycles. The van der Waals surface area contributed by atoms with Crippen molar-refractivity contribution in [1.29, 1.82) is 0 Å². The highest BCUT2D eigenvalue weighted by atomic mass is 14.6. The van der Waals surface area contributed by atoms with Crippen LogP contribution in [0.1, 0.15) is 36.5 Å². The molecule has 0 spiro atoms. The molecule has 0 fully saturated rings. The Morgan fingerprint density at radius 2 is 1.76 bits per heavy atom. The van der Waals surface area contributed by atoms with E-state index in [0.29, 0.717) is 5.92 Å². The Morgan fingerprint density at radius 3 is 2.47 bits per heavy atom. The third-order valence-corrected chi connectivity index (χ3v) is 3.09. The van der Waals surface area contributed by atoms with Gasteiger partial charge in [-0.25, -0.2) is 0 Å². The monoisotopic (exact) mass is 225 g/mol. The van der Waals surface area contributed by atoms with Crippen molar-refractivity contribution in [1.82, 2.24) is 4.98 Å². The molecule has 0 bridgehead atoms. The average molecular weight is 225 g/mol. The molecule has 2 aromatic rings. The fourth-order valence-corrected chi connectivity index (χ4v) is 2.13. The van der Waals surface area contributed by atoms with Crippen LogP contribution >= 0.6 is 0 Å². The van der Waals surface area contributed by atoms with Crippen LogP contribution in [0.5, 0.6) is 0 Å². The van der Waals surface area contributed by atoms with E-state index in [4.69, 9.17) is 0 Å². The first-order valence-corrected chi connectivity index (χ1v) is 6.24. The average Bonchev–Trinajstić information content (AvgIpc) is 2.38. The quantitative estimate of drug-likeness (QED) is 0.766. The van der Waals surface area contributed by atoms with Crippen LogP contribution in [-0.2, 0) is 12.8 Å². The molecule has 17 heavy (non-hydrogen) atoms. The third-order valence-electron chi connectivity index (χ3n) is 3.09. The van der Waals surface area contributed by atoms with Crippen molar-refractivity contribution < 1.29 is 0 Å². The van der Waals surface area contributed by atoms with Gasteiger partial charge in [-0.1, -0.05) is 44.2 Å². The molecule has 1 aromatic carbocycles. The fourth-order valence-electron chi connectivity index (χ4n) is 2.13. The van der Waals surface area contributed by atoms with E-state index in [0.717, 1.165) is 12.8 Å². The van der Waals surface area contributed by atoms with Crippen LogP contribution in [-0.4, -0.2) is 4.98 Å². The van der Waals surface area contributed by atoms with E-state index in [1.54, 1.807) is 0 Å². The Labute approximate surface area is 104 Å². The lowest BCUT2D eigenvalue weighted by atomic mass is 9.95. The molecule has 2 rings (SSSR count). The van der Waals surface area contributed by atoms with Gasteiger partial charge >= 0.3 is 0 Å². The number of aryl methyl sites for hydroxylation is 2. The zero-order chi connectivity index (χ0) is 12.1. The maximum Gasteiger partial charge on any atom is 0.0302 e. The van der Waals surface area contributed by atoms with Crippen molar-refractivity contribution in [3.8, 4) is 0 Å². The molecular weight excluding hydrogens is 206 g/mol. The van der Waals surface area contributed by atoms with Gasteiger partial charge in [-0.05, 0) is 41.5 Å². The van der Waals surface area contributed by atoms with Crippen molar-refractivity contribution in [2.24, 2.45) is 0 Å². The molecular formula is C16H19N. The smallest absolute Gasteiger partial charge is 0.0302 e. The van der Waals surface area contributed by atoms with Gasteiger partial charge < -0.3 is 0 Å². The molecule has 0 N–H and O–H groups in total. The number of aromatic nitrogens is 1. The second kappa shape index (κ2) is 5.62. The van der Waals surface area contributed by atoms with Gasteiger partial charge in [-0.3, -0.25) is 4.98 Å². The van der Waals surface area contributed by atoms with E-state index in [2.05, 4.69) is 55.2 Å². The first-order valence-electron chi connectivity index (χ1n) is 6.24. The summed E-state index contributed by atoms with van der Waals surface area (Å²) >= 11 is 0. The maximum atomic E-state index is 4.24. The molecule has 0 aliphatic heterocycles. The number of hydrogen-bond acceptors (Lipinski definition) is 1. The molecule has 0 unspecified atom stereocenters. The summed E-state index contributed by atoms with van der Waals surface area (Å²) in [7, 11) is 0. The summed E-state index contributed by atoms with van der Waals surface area (Å²) in [5.41, 5.74) is 4.20. The van der Waals surface area contributed by atoms with Crippen LogP contribution in [0.15, 0.2) is 48.8 Å². The fraction of sp³-hybridized carbons (Fsp3) is 0.312. The molecule has 0 saturated carbocycles. The lowest BCUT2D eigenvalue weighted by Crippen LogP contribution is -1.99. The van der Waals surface area contributed by atoms with E-state index < -0.39 is 0 Å². The topological polar surface area (TPSA) is 12.9 Å². The van der Waals surface area contributed by atoms with E-state index >= 15 is 0 Å². The van der Waals surface area contributed by atoms with Gasteiger partial charge in [0.1, 0.15) is 0 Å². The lowest BCUT2D eigenvalue weighted by molar-refractivity contribution is 0.822. The molecule has 0 atom stereocenters. The predicted molar refractivity (Wildman–Crippen MR) is 72.2 cm³/mol. The normalized spacial score (nSPS) is 10.8. The first kappa shape index (κ1) is 11.8. The highest BCUT2D eigenvalue weighted by molar-refractivity contribution is 5.27. The Hall–Kier alpha value is -1.63. The van der Waals surface area contributed by atoms with Crippen LogP contribution in [0.4, 0.5) is 0 Å². The molecule has 88 valence electrons. The van der Waals surface area contributed by atoms with Crippen LogP contribution < -0.4 is 0 Å². The zero-order valence-corrected chi connectivity index (χ0v) is 10.6. The number of benzene rings is 1. The van der Waals surface area contributed by atoms with Crippen LogP contribution in [0.25, 0.3) is 0 Å². The van der Waals surface area contributed by atoms with Crippen LogP contribution in [0, 0.1) is 0 Å². The van der Waals surface area contributed by atoms with Gasteiger partial charge in [0.15, 0.2) is 0 Å². The number of pyridine rings is 1. The van der Waals surface area contributed by atoms with Crippen LogP contribution in [0.2, 0.25) is 0 Å². The predicted octanol–water partition coefficient (Wildman–Crippen LogP) is 3.99. The van der Waals surface area contributed by atoms with Crippen molar-refractivity contribution in [3.63, 3.8) is 0 Å². The summed E-state index contributed by atoms with van der Waals surface area (Å²) in [4.78, 5) is 4.24. The van der Waals surface area contributed by atoms with E-state index in [1.807, 2.05) is 12.4 Å². The second-order valence-electron chi connectivity index (χ2n) is 4.71. The summed E-state index contributed by atoms with van der Waals surface area (Å²) in [5.74, 6) is 0.573. The Balaban J connectivity index is 2.09. The highest BCUT2D eigenvalue weighted by Gasteiger charge is 2.06. The van der Waals surface area contributed by atoms with Gasteiger partial charge in [0, 0.05) is 12.4 Å². The first-order chi connectivity index (χ1) is 8.27. The molecule has 0 aliphatic carbocycles. The molecule has 0 radical (unpaired) electrons. The SMILES string of the molecule is CC(C)c1ccncc1CCc1ccccc1. The summed E-state index contributed by atoms with van der Waals surface area (Å²) in [5, 5.41) is 0. The van der Waals surface area contributed by atoms with Crippen molar-refractivity contribution in [2.75, 3.05) is 0 Å². The minimum atomic E-state index is 0.573. The Kier molecular flexibility index (Phi) is 3.92. The van der Waals surface area contributed by atoms with E-state index in [1.165, 1.54) is 16.7 Å². The molecule has 1 nitrogen and oxygen atoms in total. The summed E-state index contributed by atoms with van der Waals surface area (Å²) in [6.45, 7) is 4.47. The number of rotatable bonds is 4. The molecule has 0 aliphatic rings. The summed E-state index contributed by atoms with van der Waals surface area (Å²) < 4.78 is 0. The Bertz CT molecular complexity index is 460. The zero-order valence-electron chi connectivity index (χ0n) is 10.6. The second-order valence-corrected chi connectivity index (χ2v) is 4.71. The molecule has 0 amide bonds. The molecule has 0 saturated heterocycles. The molecule has 1 heteroatoms. The van der Waals surface area contributed by atoms with Gasteiger partial charge in [-0.15, -0.1) is 0 Å². The number of hydrogen-bond donors (Lipinski definition) is 0. The van der Waals surface area contributed by atoms with Gasteiger partial charge in [-0.2, -0.15) is 0 Å². The minimum Gasteiger partial charge on any atom is -0.264 e. The summed E-state index contributed by atoms with van der Waals surface area (Å²) in [6.07, 6.45) is 6.07. The largest absolute Gasteiger partial charge is 0.264 e. The van der Waals surface area contributed by atoms with Gasteiger partial charge in [0.05, 0.1) is 0 Å². The van der Waals surface area contributed by atoms with E-state index in [9.17, 15) is 0 Å². The van der Waals surface area contributed by atoms with Crippen molar-refractivity contribution in [2.45, 2.75) is 32.6 Å². The maximum absolute atomic E-state index is 4.24. The molecule has 1 aromatic heterocycles. The Morgan fingerprint density at radius 1 is 1.00 bits per heavy atom. The van der Waals surface area contributed by atoms with Crippen molar-refractivity contribution >= 4 is 0 Å². The van der Waals surface area contributed by atoms with E-state index in [-0.39, 0.29) is 0 Å². The van der Waals surface area contributed by atoms with Crippen molar-refractivity contribution in [3.05, 3.63) is 65.5 Å². The standard InChI is InChI=1S/C16H19N/c1-13(2)16-10-11-17-12-15(16)9-8-14-6-4-3-5-7-14/h3-7,10-13H,8-9H2,1-2H3. The van der Waals surface area contributed by atoms with Gasteiger partial charge in [0.25, 0.3) is 0 Å².